The minimum absolute atomic E-state index is 0.00299. The molecule has 0 aromatic rings. The standard InChI is InChI=1S/C7H14NO2/c1-7(2,3)8(4)5-10-6-9/h5-6H,1-4H3. The van der Waals surface area contributed by atoms with Crippen LogP contribution < -0.4 is 0 Å². The molecule has 1 radical (unpaired) electrons. The minimum atomic E-state index is 0.00299. The molecule has 0 atom stereocenters. The molecular formula is C7H14NO2. The summed E-state index contributed by atoms with van der Waals surface area (Å²) in [7, 11) is 1.85. The van der Waals surface area contributed by atoms with Crippen molar-refractivity contribution < 1.29 is 9.53 Å². The Kier molecular flexibility index (Phi) is 3.36. The van der Waals surface area contributed by atoms with E-state index in [1.54, 1.807) is 0 Å². The Labute approximate surface area is 62.0 Å². The second-order valence-corrected chi connectivity index (χ2v) is 3.12. The number of rotatable bonds is 3. The van der Waals surface area contributed by atoms with Gasteiger partial charge in [-0.2, -0.15) is 0 Å². The molecule has 0 heterocycles. The number of hydrogen-bond donors (Lipinski definition) is 0. The normalized spacial score (nSPS) is 11.7. The van der Waals surface area contributed by atoms with Crippen LogP contribution in [0.3, 0.4) is 0 Å². The molecule has 3 heteroatoms. The van der Waals surface area contributed by atoms with Gasteiger partial charge in [-0.1, -0.05) is 0 Å². The van der Waals surface area contributed by atoms with Crippen LogP contribution in [0.25, 0.3) is 0 Å². The van der Waals surface area contributed by atoms with E-state index in [9.17, 15) is 4.79 Å². The predicted octanol–water partition coefficient (Wildman–Crippen LogP) is 1.01. The molecule has 3 nitrogen and oxygen atoms in total. The minimum Gasteiger partial charge on any atom is -0.443 e. The lowest BCUT2D eigenvalue weighted by Gasteiger charge is -2.29. The first-order valence-electron chi connectivity index (χ1n) is 3.14. The molecule has 0 rings (SSSR count). The van der Waals surface area contributed by atoms with Gasteiger partial charge in [0.2, 0.25) is 6.73 Å². The molecular weight excluding hydrogens is 130 g/mol. The summed E-state index contributed by atoms with van der Waals surface area (Å²) in [5.74, 6) is 0. The zero-order valence-corrected chi connectivity index (χ0v) is 6.92. The van der Waals surface area contributed by atoms with E-state index in [0.29, 0.717) is 6.47 Å². The van der Waals surface area contributed by atoms with Crippen molar-refractivity contribution in [3.05, 3.63) is 6.73 Å². The highest BCUT2D eigenvalue weighted by Gasteiger charge is 2.16. The Morgan fingerprint density at radius 3 is 2.20 bits per heavy atom. The molecule has 0 fully saturated rings. The van der Waals surface area contributed by atoms with Crippen LogP contribution in [0.15, 0.2) is 0 Å². The van der Waals surface area contributed by atoms with Gasteiger partial charge in [0, 0.05) is 5.54 Å². The van der Waals surface area contributed by atoms with Crippen molar-refractivity contribution in [1.29, 1.82) is 0 Å². The van der Waals surface area contributed by atoms with E-state index >= 15 is 0 Å². The average molecular weight is 144 g/mol. The van der Waals surface area contributed by atoms with Crippen molar-refractivity contribution >= 4 is 6.47 Å². The quantitative estimate of drug-likeness (QED) is 0.553. The first-order valence-corrected chi connectivity index (χ1v) is 3.14. The van der Waals surface area contributed by atoms with E-state index in [1.807, 2.05) is 32.7 Å². The van der Waals surface area contributed by atoms with Gasteiger partial charge in [-0.3, -0.25) is 9.69 Å². The number of nitrogens with zero attached hydrogens (tertiary/aromatic N) is 1. The lowest BCUT2D eigenvalue weighted by Crippen LogP contribution is -2.36. The highest BCUT2D eigenvalue weighted by atomic mass is 16.5. The van der Waals surface area contributed by atoms with E-state index in [0.717, 1.165) is 0 Å². The molecule has 0 spiro atoms. The van der Waals surface area contributed by atoms with Crippen LogP contribution in [0.5, 0.6) is 0 Å². The number of ether oxygens (including phenoxy) is 1. The topological polar surface area (TPSA) is 29.5 Å². The van der Waals surface area contributed by atoms with Gasteiger partial charge in [0.05, 0.1) is 0 Å². The monoisotopic (exact) mass is 144 g/mol. The molecule has 0 bridgehead atoms. The van der Waals surface area contributed by atoms with Gasteiger partial charge in [0.25, 0.3) is 6.47 Å². The third kappa shape index (κ3) is 3.45. The summed E-state index contributed by atoms with van der Waals surface area (Å²) in [5.41, 5.74) is 0.00299. The fourth-order valence-corrected chi connectivity index (χ4v) is 0.274. The van der Waals surface area contributed by atoms with Gasteiger partial charge in [0.15, 0.2) is 0 Å². The Hall–Kier alpha value is -0.570. The summed E-state index contributed by atoms with van der Waals surface area (Å²) in [5, 5.41) is 0. The molecule has 0 aliphatic rings. The second kappa shape index (κ2) is 3.56. The van der Waals surface area contributed by atoms with Crippen molar-refractivity contribution in [2.24, 2.45) is 0 Å². The third-order valence-electron chi connectivity index (χ3n) is 1.33. The van der Waals surface area contributed by atoms with Crippen LogP contribution >= 0.6 is 0 Å². The van der Waals surface area contributed by atoms with E-state index < -0.39 is 0 Å². The maximum absolute atomic E-state index is 9.76. The summed E-state index contributed by atoms with van der Waals surface area (Å²) in [6.45, 7) is 7.88. The molecule has 0 aliphatic carbocycles. The molecule has 0 unspecified atom stereocenters. The van der Waals surface area contributed by atoms with E-state index in [2.05, 4.69) is 4.74 Å². The SMILES string of the molecule is CN([CH]OC=O)C(C)(C)C. The average Bonchev–Trinajstić information content (AvgIpc) is 1.80. The van der Waals surface area contributed by atoms with Gasteiger partial charge in [-0.05, 0) is 27.8 Å². The summed E-state index contributed by atoms with van der Waals surface area (Å²) in [4.78, 5) is 11.6. The van der Waals surface area contributed by atoms with Gasteiger partial charge < -0.3 is 4.74 Å². The molecule has 0 aromatic heterocycles. The number of carbonyl (C=O) groups is 1. The van der Waals surface area contributed by atoms with Gasteiger partial charge in [-0.25, -0.2) is 0 Å². The molecule has 59 valence electrons. The number of hydrogen-bond acceptors (Lipinski definition) is 3. The molecule has 0 amide bonds. The van der Waals surface area contributed by atoms with Gasteiger partial charge >= 0.3 is 0 Å². The molecule has 0 saturated carbocycles. The fourth-order valence-electron chi connectivity index (χ4n) is 0.274. The maximum atomic E-state index is 9.76. The Morgan fingerprint density at radius 2 is 1.90 bits per heavy atom. The molecule has 0 N–H and O–H groups in total. The highest BCUT2D eigenvalue weighted by molar-refractivity contribution is 5.37. The molecule has 0 aromatic carbocycles. The highest BCUT2D eigenvalue weighted by Crippen LogP contribution is 2.11. The van der Waals surface area contributed by atoms with E-state index in [4.69, 9.17) is 0 Å². The van der Waals surface area contributed by atoms with Crippen molar-refractivity contribution in [1.82, 2.24) is 4.90 Å². The first-order chi connectivity index (χ1) is 4.48. The summed E-state index contributed by atoms with van der Waals surface area (Å²) in [6.07, 6.45) is 0. The fraction of sp³-hybridized carbons (Fsp3) is 0.714. The Morgan fingerprint density at radius 1 is 1.40 bits per heavy atom. The molecule has 10 heavy (non-hydrogen) atoms. The first kappa shape index (κ1) is 9.43. The van der Waals surface area contributed by atoms with Crippen LogP contribution in [-0.4, -0.2) is 24.0 Å². The van der Waals surface area contributed by atoms with Crippen LogP contribution in [0.4, 0.5) is 0 Å². The zero-order valence-electron chi connectivity index (χ0n) is 6.92. The molecule has 0 aliphatic heterocycles. The van der Waals surface area contributed by atoms with Gasteiger partial charge in [0.1, 0.15) is 0 Å². The summed E-state index contributed by atoms with van der Waals surface area (Å²) in [6, 6.07) is 0. The largest absolute Gasteiger partial charge is 0.443 e. The van der Waals surface area contributed by atoms with E-state index in [-0.39, 0.29) is 5.54 Å². The van der Waals surface area contributed by atoms with Crippen LogP contribution in [-0.2, 0) is 9.53 Å². The van der Waals surface area contributed by atoms with Crippen LogP contribution in [0.1, 0.15) is 20.8 Å². The second-order valence-electron chi connectivity index (χ2n) is 3.12. The molecule has 0 saturated heterocycles. The zero-order chi connectivity index (χ0) is 8.20. The Bertz CT molecular complexity index is 107. The van der Waals surface area contributed by atoms with Crippen molar-refractivity contribution in [2.45, 2.75) is 26.3 Å². The third-order valence-corrected chi connectivity index (χ3v) is 1.33. The van der Waals surface area contributed by atoms with Crippen molar-refractivity contribution in [3.63, 3.8) is 0 Å². The maximum Gasteiger partial charge on any atom is 0.294 e. The Balaban J connectivity index is 3.61. The van der Waals surface area contributed by atoms with Crippen molar-refractivity contribution in [3.8, 4) is 0 Å². The van der Waals surface area contributed by atoms with Crippen LogP contribution in [0.2, 0.25) is 0 Å². The summed E-state index contributed by atoms with van der Waals surface area (Å²) >= 11 is 0. The van der Waals surface area contributed by atoms with Gasteiger partial charge in [-0.15, -0.1) is 0 Å². The predicted molar refractivity (Wildman–Crippen MR) is 39.0 cm³/mol. The number of carbonyl (C=O) groups excluding carboxylic acids is 1. The summed E-state index contributed by atoms with van der Waals surface area (Å²) < 4.78 is 4.44. The van der Waals surface area contributed by atoms with E-state index in [1.165, 1.54) is 6.73 Å². The van der Waals surface area contributed by atoms with Crippen molar-refractivity contribution in [2.75, 3.05) is 7.05 Å². The smallest absolute Gasteiger partial charge is 0.294 e. The van der Waals surface area contributed by atoms with Crippen LogP contribution in [0, 0.1) is 6.73 Å². The lowest BCUT2D eigenvalue weighted by atomic mass is 10.1. The lowest BCUT2D eigenvalue weighted by molar-refractivity contribution is -0.128.